The second-order valence-corrected chi connectivity index (χ2v) is 5.76. The molecule has 3 rings (SSSR count). The molecule has 2 aromatic carbocycles. The summed E-state index contributed by atoms with van der Waals surface area (Å²) in [5.74, 6) is 0.547. The molecule has 0 N–H and O–H groups in total. The summed E-state index contributed by atoms with van der Waals surface area (Å²) >= 11 is 0. The number of morpholine rings is 1. The SMILES string of the molecule is COc1ccc2cccc(CC(=O)N3CCOC(C(F)F)C3)c2c1. The van der Waals surface area contributed by atoms with Crippen LogP contribution in [0.4, 0.5) is 8.78 Å². The minimum Gasteiger partial charge on any atom is -0.497 e. The number of hydrogen-bond acceptors (Lipinski definition) is 3. The van der Waals surface area contributed by atoms with E-state index in [9.17, 15) is 13.6 Å². The lowest BCUT2D eigenvalue weighted by Gasteiger charge is -2.32. The first kappa shape index (κ1) is 16.6. The molecule has 1 atom stereocenters. The van der Waals surface area contributed by atoms with Crippen LogP contribution in [0.25, 0.3) is 10.8 Å². The number of alkyl halides is 2. The van der Waals surface area contributed by atoms with E-state index >= 15 is 0 Å². The lowest BCUT2D eigenvalue weighted by Crippen LogP contribution is -2.48. The van der Waals surface area contributed by atoms with Gasteiger partial charge in [-0.3, -0.25) is 4.79 Å². The van der Waals surface area contributed by atoms with Gasteiger partial charge in [-0.2, -0.15) is 0 Å². The number of methoxy groups -OCH3 is 1. The van der Waals surface area contributed by atoms with Crippen molar-refractivity contribution in [3.05, 3.63) is 42.0 Å². The summed E-state index contributed by atoms with van der Waals surface area (Å²) in [5, 5.41) is 1.94. The molecular weight excluding hydrogens is 316 g/mol. The molecule has 0 aromatic heterocycles. The Bertz CT molecular complexity index is 735. The average Bonchev–Trinajstić information content (AvgIpc) is 2.61. The summed E-state index contributed by atoms with van der Waals surface area (Å²) in [6.45, 7) is 0.421. The maximum Gasteiger partial charge on any atom is 0.266 e. The van der Waals surface area contributed by atoms with E-state index in [-0.39, 0.29) is 25.5 Å². The second-order valence-electron chi connectivity index (χ2n) is 5.76. The summed E-state index contributed by atoms with van der Waals surface area (Å²) < 4.78 is 35.9. The van der Waals surface area contributed by atoms with Crippen molar-refractivity contribution in [2.75, 3.05) is 26.8 Å². The number of amides is 1. The molecule has 4 nitrogen and oxygen atoms in total. The summed E-state index contributed by atoms with van der Waals surface area (Å²) in [5.41, 5.74) is 0.858. The maximum absolute atomic E-state index is 12.8. The Morgan fingerprint density at radius 1 is 1.38 bits per heavy atom. The van der Waals surface area contributed by atoms with Crippen LogP contribution in [0, 0.1) is 0 Å². The van der Waals surface area contributed by atoms with Gasteiger partial charge < -0.3 is 14.4 Å². The number of hydrogen-bond donors (Lipinski definition) is 0. The Balaban J connectivity index is 1.80. The van der Waals surface area contributed by atoms with E-state index in [0.717, 1.165) is 16.3 Å². The molecule has 2 aromatic rings. The number of halogens is 2. The third kappa shape index (κ3) is 3.48. The average molecular weight is 335 g/mol. The van der Waals surface area contributed by atoms with E-state index in [2.05, 4.69) is 0 Å². The topological polar surface area (TPSA) is 38.8 Å². The smallest absolute Gasteiger partial charge is 0.266 e. The molecule has 1 unspecified atom stereocenters. The Kier molecular flexibility index (Phi) is 4.94. The van der Waals surface area contributed by atoms with E-state index in [1.165, 1.54) is 4.90 Å². The van der Waals surface area contributed by atoms with Gasteiger partial charge in [-0.1, -0.05) is 24.3 Å². The van der Waals surface area contributed by atoms with Crippen molar-refractivity contribution in [3.63, 3.8) is 0 Å². The van der Waals surface area contributed by atoms with Crippen molar-refractivity contribution < 1.29 is 23.0 Å². The molecule has 1 aliphatic rings. The van der Waals surface area contributed by atoms with Crippen LogP contribution < -0.4 is 4.74 Å². The Labute approximate surface area is 139 Å². The highest BCUT2D eigenvalue weighted by Gasteiger charge is 2.30. The highest BCUT2D eigenvalue weighted by Crippen LogP contribution is 2.25. The molecule has 0 aliphatic carbocycles. The Morgan fingerprint density at radius 3 is 2.96 bits per heavy atom. The number of nitrogens with zero attached hydrogens (tertiary/aromatic N) is 1. The monoisotopic (exact) mass is 335 g/mol. The third-order valence-corrected chi connectivity index (χ3v) is 4.25. The van der Waals surface area contributed by atoms with Crippen molar-refractivity contribution in [1.29, 1.82) is 0 Å². The maximum atomic E-state index is 12.8. The number of fused-ring (bicyclic) bond motifs is 1. The minimum atomic E-state index is -2.58. The van der Waals surface area contributed by atoms with Gasteiger partial charge in [-0.05, 0) is 28.5 Å². The fourth-order valence-electron chi connectivity index (χ4n) is 2.93. The molecule has 1 aliphatic heterocycles. The molecule has 6 heteroatoms. The lowest BCUT2D eigenvalue weighted by atomic mass is 10.0. The lowest BCUT2D eigenvalue weighted by molar-refractivity contribution is -0.145. The van der Waals surface area contributed by atoms with Gasteiger partial charge in [-0.25, -0.2) is 8.78 Å². The van der Waals surface area contributed by atoms with Crippen molar-refractivity contribution in [2.45, 2.75) is 19.0 Å². The zero-order valence-electron chi connectivity index (χ0n) is 13.4. The van der Waals surface area contributed by atoms with Gasteiger partial charge >= 0.3 is 0 Å². The van der Waals surface area contributed by atoms with Crippen LogP contribution in [-0.2, 0) is 16.0 Å². The second kappa shape index (κ2) is 7.13. The van der Waals surface area contributed by atoms with E-state index in [1.54, 1.807) is 7.11 Å². The van der Waals surface area contributed by atoms with Gasteiger partial charge in [0.05, 0.1) is 26.7 Å². The molecule has 1 amide bonds. The summed E-state index contributed by atoms with van der Waals surface area (Å²) in [6.07, 6.45) is -3.61. The Morgan fingerprint density at radius 2 is 2.21 bits per heavy atom. The van der Waals surface area contributed by atoms with E-state index in [1.807, 2.05) is 36.4 Å². The normalized spacial score (nSPS) is 18.2. The third-order valence-electron chi connectivity index (χ3n) is 4.25. The number of carbonyl (C=O) groups excluding carboxylic acids is 1. The first-order chi connectivity index (χ1) is 11.6. The standard InChI is InChI=1S/C18H19F2NO3/c1-23-14-6-5-12-3-2-4-13(15(12)10-14)9-17(22)21-7-8-24-16(11-21)18(19)20/h2-6,10,16,18H,7-9,11H2,1H3. The van der Waals surface area contributed by atoms with E-state index < -0.39 is 12.5 Å². The van der Waals surface area contributed by atoms with Gasteiger partial charge in [0.1, 0.15) is 11.9 Å². The van der Waals surface area contributed by atoms with Crippen LogP contribution in [0.5, 0.6) is 5.75 Å². The van der Waals surface area contributed by atoms with Crippen molar-refractivity contribution >= 4 is 16.7 Å². The number of ether oxygens (including phenoxy) is 2. The summed E-state index contributed by atoms with van der Waals surface area (Å²) in [7, 11) is 1.59. The van der Waals surface area contributed by atoms with Crippen LogP contribution in [-0.4, -0.2) is 50.1 Å². The molecular formula is C18H19F2NO3. The molecule has 0 saturated carbocycles. The molecule has 1 saturated heterocycles. The molecule has 1 fully saturated rings. The molecule has 24 heavy (non-hydrogen) atoms. The number of carbonyl (C=O) groups is 1. The van der Waals surface area contributed by atoms with Gasteiger partial charge in [0.25, 0.3) is 6.43 Å². The van der Waals surface area contributed by atoms with Crippen molar-refractivity contribution in [1.82, 2.24) is 4.90 Å². The van der Waals surface area contributed by atoms with Crippen LogP contribution in [0.1, 0.15) is 5.56 Å². The van der Waals surface area contributed by atoms with Crippen LogP contribution in [0.15, 0.2) is 36.4 Å². The van der Waals surface area contributed by atoms with Gasteiger partial charge in [-0.15, -0.1) is 0 Å². The zero-order chi connectivity index (χ0) is 17.1. The molecule has 0 bridgehead atoms. The van der Waals surface area contributed by atoms with Gasteiger partial charge in [0, 0.05) is 6.54 Å². The predicted molar refractivity (Wildman–Crippen MR) is 86.5 cm³/mol. The van der Waals surface area contributed by atoms with Crippen molar-refractivity contribution in [2.24, 2.45) is 0 Å². The van der Waals surface area contributed by atoms with Gasteiger partial charge in [0.2, 0.25) is 5.91 Å². The summed E-state index contributed by atoms with van der Waals surface area (Å²) in [6, 6.07) is 11.4. The highest BCUT2D eigenvalue weighted by atomic mass is 19.3. The molecule has 0 radical (unpaired) electrons. The zero-order valence-corrected chi connectivity index (χ0v) is 13.4. The fraction of sp³-hybridized carbons (Fsp3) is 0.389. The van der Waals surface area contributed by atoms with Gasteiger partial charge in [0.15, 0.2) is 0 Å². The Hall–Kier alpha value is -2.21. The van der Waals surface area contributed by atoms with Crippen LogP contribution in [0.2, 0.25) is 0 Å². The van der Waals surface area contributed by atoms with Crippen LogP contribution >= 0.6 is 0 Å². The first-order valence-corrected chi connectivity index (χ1v) is 7.81. The highest BCUT2D eigenvalue weighted by molar-refractivity contribution is 5.91. The first-order valence-electron chi connectivity index (χ1n) is 7.81. The van der Waals surface area contributed by atoms with E-state index in [0.29, 0.717) is 12.3 Å². The predicted octanol–water partition coefficient (Wildman–Crippen LogP) is 2.88. The van der Waals surface area contributed by atoms with Crippen LogP contribution in [0.3, 0.4) is 0 Å². The summed E-state index contributed by atoms with van der Waals surface area (Å²) in [4.78, 5) is 14.0. The number of benzene rings is 2. The quantitative estimate of drug-likeness (QED) is 0.862. The fourth-order valence-corrected chi connectivity index (χ4v) is 2.93. The van der Waals surface area contributed by atoms with E-state index in [4.69, 9.17) is 9.47 Å². The molecule has 0 spiro atoms. The molecule has 1 heterocycles. The molecule has 128 valence electrons. The van der Waals surface area contributed by atoms with Crippen molar-refractivity contribution in [3.8, 4) is 5.75 Å². The number of rotatable bonds is 4. The largest absolute Gasteiger partial charge is 0.497 e. The minimum absolute atomic E-state index is 0.0649.